The van der Waals surface area contributed by atoms with Crippen molar-refractivity contribution in [3.05, 3.63) is 75.9 Å². The molecule has 1 aromatic carbocycles. The third-order valence-corrected chi connectivity index (χ3v) is 9.62. The summed E-state index contributed by atoms with van der Waals surface area (Å²) in [6, 6.07) is 7.20. The predicted molar refractivity (Wildman–Crippen MR) is 135 cm³/mol. The molecule has 0 spiro atoms. The van der Waals surface area contributed by atoms with Gasteiger partial charge in [-0.1, -0.05) is 12.2 Å². The van der Waals surface area contributed by atoms with E-state index in [4.69, 9.17) is 10.5 Å². The van der Waals surface area contributed by atoms with Crippen LogP contribution in [0, 0.1) is 12.8 Å². The van der Waals surface area contributed by atoms with E-state index in [0.717, 1.165) is 26.4 Å². The smallest absolute Gasteiger partial charge is 0.273 e. The van der Waals surface area contributed by atoms with Crippen LogP contribution < -0.4 is 16.0 Å². The summed E-state index contributed by atoms with van der Waals surface area (Å²) < 4.78 is 33.7. The van der Waals surface area contributed by atoms with Crippen molar-refractivity contribution < 1.29 is 13.2 Å². The van der Waals surface area contributed by atoms with Crippen LogP contribution >= 0.6 is 0 Å². The van der Waals surface area contributed by atoms with Crippen LogP contribution in [0.4, 0.5) is 5.69 Å². The molecule has 2 aliphatic rings. The molecule has 1 atom stereocenters. The normalized spacial score (nSPS) is 20.8. The second kappa shape index (κ2) is 7.91. The largest absolute Gasteiger partial charge is 0.493 e. The quantitative estimate of drug-likeness (QED) is 0.510. The maximum absolute atomic E-state index is 13.8. The van der Waals surface area contributed by atoms with Crippen LogP contribution in [-0.4, -0.2) is 28.7 Å². The van der Waals surface area contributed by atoms with Gasteiger partial charge in [0.15, 0.2) is 0 Å². The molecule has 0 amide bonds. The summed E-state index contributed by atoms with van der Waals surface area (Å²) in [7, 11) is -3.93. The van der Waals surface area contributed by atoms with E-state index in [2.05, 4.69) is 4.98 Å². The fourth-order valence-corrected chi connectivity index (χ4v) is 6.27. The summed E-state index contributed by atoms with van der Waals surface area (Å²) in [6.07, 6.45) is 9.43. The summed E-state index contributed by atoms with van der Waals surface area (Å²) in [4.78, 5) is 15.0. The Morgan fingerprint density at radius 2 is 2.00 bits per heavy atom. The molecule has 1 unspecified atom stereocenters. The van der Waals surface area contributed by atoms with Crippen LogP contribution in [0.25, 0.3) is 16.5 Å². The van der Waals surface area contributed by atoms with Gasteiger partial charge in [-0.15, -0.1) is 0 Å². The van der Waals surface area contributed by atoms with Crippen molar-refractivity contribution >= 4 is 32.2 Å². The molecule has 0 aliphatic heterocycles. The minimum Gasteiger partial charge on any atom is -0.493 e. The van der Waals surface area contributed by atoms with Gasteiger partial charge in [-0.2, -0.15) is 0 Å². The van der Waals surface area contributed by atoms with Crippen LogP contribution in [-0.2, 0) is 10.0 Å². The second-order valence-corrected chi connectivity index (χ2v) is 11.9. The van der Waals surface area contributed by atoms with E-state index < -0.39 is 20.3 Å². The highest BCUT2D eigenvalue weighted by Crippen LogP contribution is 2.42. The fourth-order valence-electron chi connectivity index (χ4n) is 4.43. The highest BCUT2D eigenvalue weighted by atomic mass is 32.2. The molecule has 0 radical (unpaired) electrons. The van der Waals surface area contributed by atoms with Crippen molar-refractivity contribution in [1.29, 1.82) is 0 Å². The number of allylic oxidation sites excluding steroid dienone is 3. The average molecular weight is 480 g/mol. The lowest BCUT2D eigenvalue weighted by Gasteiger charge is -2.33. The van der Waals surface area contributed by atoms with E-state index in [-0.39, 0.29) is 11.9 Å². The molecule has 0 saturated heterocycles. The van der Waals surface area contributed by atoms with Crippen molar-refractivity contribution in [3.63, 3.8) is 0 Å². The van der Waals surface area contributed by atoms with Gasteiger partial charge in [-0.25, -0.2) is 12.4 Å². The van der Waals surface area contributed by atoms with Gasteiger partial charge in [0.05, 0.1) is 6.61 Å². The molecule has 5 rings (SSSR count). The number of anilines is 1. The number of benzene rings is 1. The Hall–Kier alpha value is -3.26. The Kier molecular flexibility index (Phi) is 5.24. The van der Waals surface area contributed by atoms with Gasteiger partial charge in [0.2, 0.25) is 10.0 Å². The minimum absolute atomic E-state index is 0.133. The lowest BCUT2D eigenvalue weighted by Crippen LogP contribution is -2.41. The van der Waals surface area contributed by atoms with Crippen molar-refractivity contribution in [2.45, 2.75) is 44.8 Å². The topological polar surface area (TPSA) is 107 Å². The number of ether oxygens (including phenoxy) is 1. The first kappa shape index (κ1) is 22.5. The lowest BCUT2D eigenvalue weighted by molar-refractivity contribution is 0.299. The molecule has 7 nitrogen and oxygen atoms in total. The number of nitrogen functional groups attached to an aromatic ring is 1. The predicted octanol–water partition coefficient (Wildman–Crippen LogP) is 4.38. The summed E-state index contributed by atoms with van der Waals surface area (Å²) in [5, 5.41) is 0.581. The highest BCUT2D eigenvalue weighted by molar-refractivity contribution is 7.91. The Labute approximate surface area is 199 Å². The number of nitrogens with two attached hydrogens (primary N) is 1. The monoisotopic (exact) mass is 479 g/mol. The first-order valence-corrected chi connectivity index (χ1v) is 12.9. The molecule has 8 heteroatoms. The van der Waals surface area contributed by atoms with Gasteiger partial charge in [0.25, 0.3) is 5.56 Å². The molecule has 1 saturated carbocycles. The summed E-state index contributed by atoms with van der Waals surface area (Å²) in [6.45, 7) is 6.15. The van der Waals surface area contributed by atoms with Gasteiger partial charge in [0, 0.05) is 29.0 Å². The third kappa shape index (κ3) is 3.57. The number of nitrogens with zero attached hydrogens (tertiary/aromatic N) is 1. The average Bonchev–Trinajstić information content (AvgIpc) is 3.52. The molecule has 3 N–H and O–H groups in total. The number of hydrogen-bond acceptors (Lipinski definition) is 5. The van der Waals surface area contributed by atoms with Gasteiger partial charge in [0.1, 0.15) is 16.0 Å². The summed E-state index contributed by atoms with van der Waals surface area (Å²) in [5.74, 6) is 1.37. The molecule has 178 valence electrons. The van der Waals surface area contributed by atoms with Crippen molar-refractivity contribution in [2.24, 2.45) is 5.92 Å². The van der Waals surface area contributed by atoms with Crippen LogP contribution in [0.3, 0.4) is 0 Å². The van der Waals surface area contributed by atoms with Gasteiger partial charge >= 0.3 is 0 Å². The standard InChI is InChI=1S/C26H29N3O4S/c1-16-12-23(33-15-18-4-5-18)21(14-22(16)27)20-6-9-26(3,17(2)13-20)34(31,32)29-11-8-19-7-10-28-25(30)24(19)29/h6-8,10-14,18H,4-5,9,15,27H2,1-3H3,(H,28,30). The molecular formula is C26H29N3O4S. The number of H-pyrrole nitrogens is 1. The number of nitrogens with one attached hydrogen (secondary N) is 1. The van der Waals surface area contributed by atoms with Crippen LogP contribution in [0.5, 0.6) is 5.75 Å². The maximum Gasteiger partial charge on any atom is 0.273 e. The van der Waals surface area contributed by atoms with Gasteiger partial charge in [-0.3, -0.25) is 4.79 Å². The van der Waals surface area contributed by atoms with Crippen LogP contribution in [0.15, 0.2) is 59.2 Å². The van der Waals surface area contributed by atoms with E-state index in [1.165, 1.54) is 25.2 Å². The third-order valence-electron chi connectivity index (χ3n) is 7.17. The first-order valence-electron chi connectivity index (χ1n) is 11.5. The number of aromatic nitrogens is 2. The summed E-state index contributed by atoms with van der Waals surface area (Å²) in [5.41, 5.74) is 9.97. The number of rotatable bonds is 6. The zero-order chi connectivity index (χ0) is 24.3. The molecule has 2 aliphatic carbocycles. The van der Waals surface area contributed by atoms with Crippen LogP contribution in [0.1, 0.15) is 44.2 Å². The van der Waals surface area contributed by atoms with E-state index in [1.54, 1.807) is 19.1 Å². The molecule has 1 fully saturated rings. The van der Waals surface area contributed by atoms with Gasteiger partial charge in [-0.05, 0) is 86.9 Å². The SMILES string of the molecule is CC1=CC(c2cc(N)c(C)cc2OCC2CC2)=CCC1(C)S(=O)(=O)n1ccc2cc[nH]c(=O)c21. The number of hydrogen-bond donors (Lipinski definition) is 2. The zero-order valence-electron chi connectivity index (χ0n) is 19.6. The lowest BCUT2D eigenvalue weighted by atomic mass is 9.87. The number of pyridine rings is 1. The van der Waals surface area contributed by atoms with Crippen molar-refractivity contribution in [1.82, 2.24) is 8.96 Å². The Morgan fingerprint density at radius 1 is 1.24 bits per heavy atom. The number of aryl methyl sites for hydroxylation is 1. The Balaban J connectivity index is 1.54. The molecule has 0 bridgehead atoms. The fraction of sp³-hybridized carbons (Fsp3) is 0.346. The molecule has 2 heterocycles. The Morgan fingerprint density at radius 3 is 2.71 bits per heavy atom. The number of fused-ring (bicyclic) bond motifs is 1. The first-order chi connectivity index (χ1) is 16.1. The zero-order valence-corrected chi connectivity index (χ0v) is 20.4. The number of aromatic amines is 1. The second-order valence-electron chi connectivity index (χ2n) is 9.61. The molecular weight excluding hydrogens is 450 g/mol. The summed E-state index contributed by atoms with van der Waals surface area (Å²) >= 11 is 0. The van der Waals surface area contributed by atoms with E-state index >= 15 is 0 Å². The van der Waals surface area contributed by atoms with Crippen LogP contribution in [0.2, 0.25) is 0 Å². The van der Waals surface area contributed by atoms with Gasteiger partial charge < -0.3 is 15.5 Å². The highest BCUT2D eigenvalue weighted by Gasteiger charge is 2.43. The minimum atomic E-state index is -3.93. The van der Waals surface area contributed by atoms with Crippen molar-refractivity contribution in [3.8, 4) is 5.75 Å². The molecule has 2 aromatic heterocycles. The molecule has 34 heavy (non-hydrogen) atoms. The van der Waals surface area contributed by atoms with E-state index in [0.29, 0.717) is 29.2 Å². The Bertz CT molecular complexity index is 1520. The molecule has 3 aromatic rings. The maximum atomic E-state index is 13.8. The van der Waals surface area contributed by atoms with E-state index in [1.807, 2.05) is 38.1 Å². The van der Waals surface area contributed by atoms with E-state index in [9.17, 15) is 13.2 Å². The van der Waals surface area contributed by atoms with Crippen molar-refractivity contribution in [2.75, 3.05) is 12.3 Å².